The number of phenolic OH excluding ortho intramolecular Hbond substituents is 1. The highest BCUT2D eigenvalue weighted by Gasteiger charge is 2.72. The van der Waals surface area contributed by atoms with E-state index in [1.54, 1.807) is 19.1 Å². The molecular formula is C30H40N4O8. The zero-order chi connectivity index (χ0) is 30.8. The molecule has 2 saturated carbocycles. The van der Waals surface area contributed by atoms with Crippen LogP contribution in [0.1, 0.15) is 54.9 Å². The molecule has 1 aliphatic heterocycles. The molecule has 12 heteroatoms. The molecule has 0 bridgehead atoms. The minimum atomic E-state index is -3.01. The largest absolute Gasteiger partial charge is 0.505 e. The number of aliphatic hydroxyl groups excluding tert-OH is 1. The van der Waals surface area contributed by atoms with Crippen LogP contribution in [0.25, 0.3) is 0 Å². The van der Waals surface area contributed by atoms with Gasteiger partial charge in [-0.05, 0) is 57.5 Å². The summed E-state index contributed by atoms with van der Waals surface area (Å²) in [6, 6.07) is 2.04. The Morgan fingerprint density at radius 3 is 2.36 bits per heavy atom. The van der Waals surface area contributed by atoms with Crippen molar-refractivity contribution in [3.05, 3.63) is 23.3 Å². The summed E-state index contributed by atoms with van der Waals surface area (Å²) in [6.45, 7) is 6.65. The standard InChI is InChI=1S/C30H40N4O8/c1-5-10-34-11-8-14(9-12-34)32-16-7-6-15-13(2)17-19(24(36)18(15)23(16)35)27(39)30(42)21(25(17)37)22(33(3)4)26(38)20(28(30)40)29(31)41/h6-7,13-14,17,19-22,25,32,35,37,42H,5,8-12H2,1-4H3,(H2,31,41). The highest BCUT2D eigenvalue weighted by atomic mass is 16.3. The van der Waals surface area contributed by atoms with Crippen LogP contribution >= 0.6 is 0 Å². The number of anilines is 1. The smallest absolute Gasteiger partial charge is 0.235 e. The first kappa shape index (κ1) is 30.3. The molecule has 1 amide bonds. The van der Waals surface area contributed by atoms with E-state index >= 15 is 0 Å². The maximum absolute atomic E-state index is 14.1. The van der Waals surface area contributed by atoms with Gasteiger partial charge in [0, 0.05) is 25.0 Å². The summed E-state index contributed by atoms with van der Waals surface area (Å²) in [6.07, 6.45) is 1.11. The quantitative estimate of drug-likeness (QED) is 0.218. The fourth-order valence-corrected chi connectivity index (χ4v) is 7.94. The number of rotatable bonds is 6. The summed E-state index contributed by atoms with van der Waals surface area (Å²) in [5.41, 5.74) is 3.01. The second-order valence-electron chi connectivity index (χ2n) is 12.6. The summed E-state index contributed by atoms with van der Waals surface area (Å²) >= 11 is 0. The Morgan fingerprint density at radius 2 is 1.79 bits per heavy atom. The van der Waals surface area contributed by atoms with Gasteiger partial charge in [-0.1, -0.05) is 19.9 Å². The molecule has 0 aromatic heterocycles. The van der Waals surface area contributed by atoms with Gasteiger partial charge in [0.1, 0.15) is 5.75 Å². The first-order chi connectivity index (χ1) is 19.8. The number of nitrogens with zero attached hydrogens (tertiary/aromatic N) is 2. The van der Waals surface area contributed by atoms with Gasteiger partial charge in [0.25, 0.3) is 0 Å². The van der Waals surface area contributed by atoms with E-state index in [4.69, 9.17) is 5.73 Å². The third-order valence-electron chi connectivity index (χ3n) is 9.98. The predicted octanol–water partition coefficient (Wildman–Crippen LogP) is -0.315. The molecule has 228 valence electrons. The van der Waals surface area contributed by atoms with E-state index < -0.39 is 76.4 Å². The minimum absolute atomic E-state index is 0.0663. The first-order valence-electron chi connectivity index (χ1n) is 14.6. The van der Waals surface area contributed by atoms with Gasteiger partial charge in [-0.15, -0.1) is 0 Å². The molecule has 5 rings (SSSR count). The van der Waals surface area contributed by atoms with Crippen molar-refractivity contribution in [3.8, 4) is 5.75 Å². The van der Waals surface area contributed by atoms with Crippen LogP contribution in [0, 0.1) is 23.7 Å². The maximum atomic E-state index is 14.1. The monoisotopic (exact) mass is 584 g/mol. The van der Waals surface area contributed by atoms with E-state index in [-0.39, 0.29) is 17.4 Å². The lowest BCUT2D eigenvalue weighted by Gasteiger charge is -2.56. The van der Waals surface area contributed by atoms with Crippen molar-refractivity contribution in [2.24, 2.45) is 29.4 Å². The summed E-state index contributed by atoms with van der Waals surface area (Å²) in [5, 5.41) is 38.1. The van der Waals surface area contributed by atoms with E-state index in [9.17, 15) is 39.3 Å². The van der Waals surface area contributed by atoms with Crippen LogP contribution in [0.15, 0.2) is 12.1 Å². The Morgan fingerprint density at radius 1 is 1.14 bits per heavy atom. The van der Waals surface area contributed by atoms with Gasteiger partial charge in [-0.25, -0.2) is 0 Å². The molecular weight excluding hydrogens is 544 g/mol. The van der Waals surface area contributed by atoms with E-state index in [1.807, 2.05) is 0 Å². The molecule has 8 unspecified atom stereocenters. The highest BCUT2D eigenvalue weighted by Crippen LogP contribution is 2.55. The van der Waals surface area contributed by atoms with Crippen molar-refractivity contribution in [1.82, 2.24) is 9.80 Å². The second-order valence-corrected chi connectivity index (χ2v) is 12.6. The molecule has 1 aromatic carbocycles. The Bertz CT molecular complexity index is 1340. The third kappa shape index (κ3) is 4.30. The minimum Gasteiger partial charge on any atom is -0.505 e. The Hall–Kier alpha value is -3.19. The van der Waals surface area contributed by atoms with E-state index in [0.717, 1.165) is 38.9 Å². The lowest BCUT2D eigenvalue weighted by atomic mass is 9.49. The van der Waals surface area contributed by atoms with Gasteiger partial charge < -0.3 is 31.3 Å². The number of phenols is 1. The van der Waals surface area contributed by atoms with Crippen LogP contribution in [0.5, 0.6) is 5.75 Å². The molecule has 3 fully saturated rings. The number of Topliss-reactive ketones (excluding diaryl/α,β-unsaturated/α-hetero) is 4. The number of fused-ring (bicyclic) bond motifs is 3. The molecule has 42 heavy (non-hydrogen) atoms. The Kier molecular flexibility index (Phi) is 7.80. The number of aromatic hydroxyl groups is 1. The number of carbonyl (C=O) groups is 5. The van der Waals surface area contributed by atoms with E-state index in [0.29, 0.717) is 11.3 Å². The molecule has 0 spiro atoms. The number of hydrogen-bond acceptors (Lipinski definition) is 11. The SMILES string of the molecule is CCCN1CCC(Nc2ccc3c(c2O)C(=O)C2C(=O)C4(O)C(=O)C(C(N)=O)C(=O)C(N(C)C)C4C(O)C2C3C)CC1. The van der Waals surface area contributed by atoms with Crippen molar-refractivity contribution >= 4 is 34.7 Å². The van der Waals surface area contributed by atoms with Crippen LogP contribution in [-0.4, -0.2) is 112 Å². The molecule has 3 aliphatic carbocycles. The van der Waals surface area contributed by atoms with Crippen LogP contribution in [0.2, 0.25) is 0 Å². The average molecular weight is 585 g/mol. The third-order valence-corrected chi connectivity index (χ3v) is 9.98. The fourth-order valence-electron chi connectivity index (χ4n) is 7.94. The number of nitrogens with one attached hydrogen (secondary N) is 1. The number of carbonyl (C=O) groups excluding carboxylic acids is 5. The van der Waals surface area contributed by atoms with Gasteiger partial charge in [-0.3, -0.25) is 28.9 Å². The van der Waals surface area contributed by atoms with Crippen LogP contribution in [0.4, 0.5) is 5.69 Å². The number of piperidine rings is 1. The summed E-state index contributed by atoms with van der Waals surface area (Å²) < 4.78 is 0. The van der Waals surface area contributed by atoms with Gasteiger partial charge in [0.15, 0.2) is 34.7 Å². The molecule has 1 aromatic rings. The molecule has 6 N–H and O–H groups in total. The molecule has 1 heterocycles. The van der Waals surface area contributed by atoms with Crippen LogP contribution in [0.3, 0.4) is 0 Å². The van der Waals surface area contributed by atoms with Crippen molar-refractivity contribution in [3.63, 3.8) is 0 Å². The van der Waals surface area contributed by atoms with Crippen molar-refractivity contribution in [2.75, 3.05) is 39.0 Å². The average Bonchev–Trinajstić information content (AvgIpc) is 2.92. The number of benzene rings is 1. The van der Waals surface area contributed by atoms with Gasteiger partial charge in [-0.2, -0.15) is 0 Å². The first-order valence-corrected chi connectivity index (χ1v) is 14.6. The number of likely N-dealkylation sites (tertiary alicyclic amines) is 1. The topological polar surface area (TPSA) is 191 Å². The highest BCUT2D eigenvalue weighted by molar-refractivity contribution is 6.32. The summed E-state index contributed by atoms with van der Waals surface area (Å²) in [7, 11) is 2.93. The number of amides is 1. The Balaban J connectivity index is 1.54. The molecule has 8 atom stereocenters. The maximum Gasteiger partial charge on any atom is 0.235 e. The van der Waals surface area contributed by atoms with Crippen LogP contribution < -0.4 is 11.1 Å². The van der Waals surface area contributed by atoms with E-state index in [1.165, 1.54) is 19.0 Å². The van der Waals surface area contributed by atoms with Crippen molar-refractivity contribution in [2.45, 2.75) is 62.8 Å². The van der Waals surface area contributed by atoms with Crippen molar-refractivity contribution < 1.29 is 39.3 Å². The zero-order valence-electron chi connectivity index (χ0n) is 24.4. The number of nitrogens with two attached hydrogens (primary N) is 1. The fraction of sp³-hybridized carbons (Fsp3) is 0.633. The molecule has 4 aliphatic rings. The summed E-state index contributed by atoms with van der Waals surface area (Å²) in [5.74, 6) is -13.2. The zero-order valence-corrected chi connectivity index (χ0v) is 24.4. The summed E-state index contributed by atoms with van der Waals surface area (Å²) in [4.78, 5) is 70.7. The number of hydrogen-bond donors (Lipinski definition) is 5. The number of primary amides is 1. The van der Waals surface area contributed by atoms with Crippen molar-refractivity contribution in [1.29, 1.82) is 0 Å². The van der Waals surface area contributed by atoms with E-state index in [2.05, 4.69) is 17.1 Å². The molecule has 1 saturated heterocycles. The van der Waals surface area contributed by atoms with Gasteiger partial charge in [0.05, 0.1) is 35.2 Å². The van der Waals surface area contributed by atoms with Gasteiger partial charge >= 0.3 is 0 Å². The lowest BCUT2D eigenvalue weighted by Crippen LogP contribution is -2.77. The Labute approximate surface area is 244 Å². The normalized spacial score (nSPS) is 35.5. The number of aliphatic hydroxyl groups is 2. The second kappa shape index (κ2) is 10.8. The van der Waals surface area contributed by atoms with Crippen LogP contribution in [-0.2, 0) is 19.2 Å². The number of ketones is 4. The molecule has 0 radical (unpaired) electrons. The van der Waals surface area contributed by atoms with Gasteiger partial charge in [0.2, 0.25) is 5.91 Å². The number of likely N-dealkylation sites (N-methyl/N-ethyl adjacent to an activating group) is 1. The lowest BCUT2D eigenvalue weighted by molar-refractivity contribution is -0.196. The molecule has 12 nitrogen and oxygen atoms in total. The predicted molar refractivity (Wildman–Crippen MR) is 151 cm³/mol.